The highest BCUT2D eigenvalue weighted by molar-refractivity contribution is 5.97. The van der Waals surface area contributed by atoms with E-state index in [1.54, 1.807) is 24.1 Å². The summed E-state index contributed by atoms with van der Waals surface area (Å²) in [5, 5.41) is 25.6. The summed E-state index contributed by atoms with van der Waals surface area (Å²) in [6.07, 6.45) is 4.06. The van der Waals surface area contributed by atoms with Gasteiger partial charge in [-0.2, -0.15) is 10.4 Å². The van der Waals surface area contributed by atoms with Gasteiger partial charge in [0.05, 0.1) is 31.1 Å². The molecule has 0 saturated carbocycles. The van der Waals surface area contributed by atoms with Crippen LogP contribution in [0, 0.1) is 11.3 Å². The molecular weight excluding hydrogens is 340 g/mol. The molecule has 0 amide bonds. The van der Waals surface area contributed by atoms with E-state index in [-0.39, 0.29) is 11.3 Å². The van der Waals surface area contributed by atoms with Crippen molar-refractivity contribution in [3.63, 3.8) is 0 Å². The Balaban J connectivity index is 1.82. The van der Waals surface area contributed by atoms with Crippen LogP contribution in [0.15, 0.2) is 36.5 Å². The van der Waals surface area contributed by atoms with Crippen molar-refractivity contribution in [3.8, 4) is 17.6 Å². The van der Waals surface area contributed by atoms with Crippen molar-refractivity contribution in [1.29, 1.82) is 5.26 Å². The minimum absolute atomic E-state index is 0.00980. The third kappa shape index (κ3) is 2.95. The molecule has 1 atom stereocenters. The monoisotopic (exact) mass is 362 g/mol. The lowest BCUT2D eigenvalue weighted by Gasteiger charge is -2.25. The van der Waals surface area contributed by atoms with Crippen LogP contribution in [-0.4, -0.2) is 34.6 Å². The molecule has 6 nitrogen and oxygen atoms in total. The molecule has 2 aromatic carbocycles. The third-order valence-electron chi connectivity index (χ3n) is 5.35. The fourth-order valence-electron chi connectivity index (χ4n) is 3.90. The molecule has 1 aliphatic heterocycles. The molecule has 0 unspecified atom stereocenters. The van der Waals surface area contributed by atoms with Crippen molar-refractivity contribution in [2.45, 2.75) is 32.4 Å². The summed E-state index contributed by atoms with van der Waals surface area (Å²) >= 11 is 0. The molecular formula is C21H22N4O2. The van der Waals surface area contributed by atoms with Crippen LogP contribution in [-0.2, 0) is 6.54 Å². The van der Waals surface area contributed by atoms with Crippen LogP contribution >= 0.6 is 0 Å². The largest absolute Gasteiger partial charge is 0.506 e. The van der Waals surface area contributed by atoms with Crippen molar-refractivity contribution in [2.24, 2.45) is 0 Å². The van der Waals surface area contributed by atoms with E-state index in [0.29, 0.717) is 18.1 Å². The Bertz CT molecular complexity index is 1020. The molecule has 3 aromatic rings. The lowest BCUT2D eigenvalue weighted by Crippen LogP contribution is -2.26. The normalized spacial score (nSPS) is 16.6. The van der Waals surface area contributed by atoms with E-state index in [1.807, 2.05) is 24.3 Å². The number of ether oxygens (including phenoxy) is 1. The maximum atomic E-state index is 10.5. The number of aromatic nitrogens is 2. The number of hydrogen-bond acceptors (Lipinski definition) is 5. The molecule has 4 rings (SSSR count). The van der Waals surface area contributed by atoms with E-state index in [1.165, 1.54) is 0 Å². The highest BCUT2D eigenvalue weighted by Crippen LogP contribution is 2.38. The third-order valence-corrected chi connectivity index (χ3v) is 5.35. The lowest BCUT2D eigenvalue weighted by molar-refractivity contribution is 0.414. The molecule has 0 aliphatic carbocycles. The van der Waals surface area contributed by atoms with Crippen molar-refractivity contribution in [1.82, 2.24) is 9.78 Å². The Morgan fingerprint density at radius 2 is 2.11 bits per heavy atom. The number of rotatable bonds is 4. The molecule has 0 bridgehead atoms. The highest BCUT2D eigenvalue weighted by Gasteiger charge is 2.26. The average Bonchev–Trinajstić information content (AvgIpc) is 3.29. The zero-order valence-corrected chi connectivity index (χ0v) is 15.5. The number of phenols is 1. The van der Waals surface area contributed by atoms with Gasteiger partial charge in [-0.15, -0.1) is 0 Å². The molecule has 1 aliphatic rings. The zero-order chi connectivity index (χ0) is 19.0. The van der Waals surface area contributed by atoms with Crippen molar-refractivity contribution in [3.05, 3.63) is 47.7 Å². The number of phenolic OH excluding ortho intramolecular Hbond substituents is 1. The second-order valence-corrected chi connectivity index (χ2v) is 7.00. The first-order valence-electron chi connectivity index (χ1n) is 9.13. The van der Waals surface area contributed by atoms with Crippen LogP contribution in [0.2, 0.25) is 0 Å². The molecule has 1 aromatic heterocycles. The van der Waals surface area contributed by atoms with E-state index < -0.39 is 0 Å². The van der Waals surface area contributed by atoms with E-state index >= 15 is 0 Å². The number of aromatic hydroxyl groups is 1. The van der Waals surface area contributed by atoms with Gasteiger partial charge in [-0.1, -0.05) is 12.1 Å². The zero-order valence-electron chi connectivity index (χ0n) is 15.5. The Morgan fingerprint density at radius 3 is 2.74 bits per heavy atom. The number of nitrogens with zero attached hydrogens (tertiary/aromatic N) is 4. The summed E-state index contributed by atoms with van der Waals surface area (Å²) in [5.41, 5.74) is 2.95. The molecule has 1 N–H and O–H groups in total. The Morgan fingerprint density at radius 1 is 1.33 bits per heavy atom. The summed E-state index contributed by atoms with van der Waals surface area (Å²) < 4.78 is 7.00. The van der Waals surface area contributed by atoms with Gasteiger partial charge in [-0.3, -0.25) is 4.68 Å². The summed E-state index contributed by atoms with van der Waals surface area (Å²) in [4.78, 5) is 2.29. The van der Waals surface area contributed by atoms with Crippen LogP contribution in [0.5, 0.6) is 11.5 Å². The first-order valence-corrected chi connectivity index (χ1v) is 9.13. The second kappa shape index (κ2) is 6.84. The van der Waals surface area contributed by atoms with Gasteiger partial charge in [0.15, 0.2) is 0 Å². The van der Waals surface area contributed by atoms with E-state index in [4.69, 9.17) is 4.74 Å². The van der Waals surface area contributed by atoms with Gasteiger partial charge in [0.1, 0.15) is 23.1 Å². The predicted octanol–water partition coefficient (Wildman–Crippen LogP) is 3.66. The summed E-state index contributed by atoms with van der Waals surface area (Å²) in [7, 11) is 1.64. The van der Waals surface area contributed by atoms with Crippen molar-refractivity contribution < 1.29 is 9.84 Å². The number of fused-ring (bicyclic) bond motifs is 1. The van der Waals surface area contributed by atoms with Crippen LogP contribution in [0.1, 0.15) is 30.9 Å². The minimum atomic E-state index is 0.00980. The maximum absolute atomic E-state index is 10.5. The van der Waals surface area contributed by atoms with Gasteiger partial charge < -0.3 is 14.7 Å². The number of benzene rings is 2. The Hall–Kier alpha value is -3.20. The maximum Gasteiger partial charge on any atom is 0.137 e. The summed E-state index contributed by atoms with van der Waals surface area (Å²) in [5.74, 6) is 0.806. The van der Waals surface area contributed by atoms with Gasteiger partial charge in [0.2, 0.25) is 0 Å². The molecule has 2 heterocycles. The van der Waals surface area contributed by atoms with Crippen LogP contribution in [0.4, 0.5) is 5.69 Å². The fourth-order valence-corrected chi connectivity index (χ4v) is 3.90. The van der Waals surface area contributed by atoms with E-state index in [2.05, 4.69) is 23.0 Å². The number of methoxy groups -OCH3 is 1. The molecule has 0 spiro atoms. The Kier molecular flexibility index (Phi) is 4.36. The fraction of sp³-hybridized carbons (Fsp3) is 0.333. The Labute approximate surface area is 158 Å². The quantitative estimate of drug-likeness (QED) is 0.767. The molecule has 138 valence electrons. The van der Waals surface area contributed by atoms with E-state index in [0.717, 1.165) is 41.8 Å². The van der Waals surface area contributed by atoms with Gasteiger partial charge >= 0.3 is 0 Å². The van der Waals surface area contributed by atoms with Crippen LogP contribution in [0.3, 0.4) is 0 Å². The molecule has 6 heteroatoms. The molecule has 0 radical (unpaired) electrons. The molecule has 1 fully saturated rings. The van der Waals surface area contributed by atoms with Gasteiger partial charge in [0.25, 0.3) is 0 Å². The SMILES string of the molecule is COc1ccc(Cn2ncc3c(N4CCC[C@H]4C)cc(O)c(C#N)c32)cc1. The van der Waals surface area contributed by atoms with Crippen molar-refractivity contribution in [2.75, 3.05) is 18.6 Å². The van der Waals surface area contributed by atoms with Crippen LogP contribution < -0.4 is 9.64 Å². The van der Waals surface area contributed by atoms with Gasteiger partial charge in [-0.05, 0) is 37.5 Å². The molecule has 27 heavy (non-hydrogen) atoms. The number of nitriles is 1. The molecule has 1 saturated heterocycles. The second-order valence-electron chi connectivity index (χ2n) is 7.00. The minimum Gasteiger partial charge on any atom is -0.506 e. The summed E-state index contributed by atoms with van der Waals surface area (Å²) in [6.45, 7) is 3.65. The van der Waals surface area contributed by atoms with Gasteiger partial charge in [0, 0.05) is 24.0 Å². The number of anilines is 1. The topological polar surface area (TPSA) is 74.3 Å². The van der Waals surface area contributed by atoms with Crippen molar-refractivity contribution >= 4 is 16.6 Å². The first-order chi connectivity index (χ1) is 13.1. The first kappa shape index (κ1) is 17.2. The summed E-state index contributed by atoms with van der Waals surface area (Å²) in [6, 6.07) is 12.0. The van der Waals surface area contributed by atoms with Crippen LogP contribution in [0.25, 0.3) is 10.9 Å². The van der Waals surface area contributed by atoms with E-state index in [9.17, 15) is 10.4 Å². The smallest absolute Gasteiger partial charge is 0.137 e. The number of hydrogen-bond donors (Lipinski definition) is 1. The van der Waals surface area contributed by atoms with Gasteiger partial charge in [-0.25, -0.2) is 0 Å². The standard InChI is InChI=1S/C21H22N4O2/c1-14-4-3-9-24(14)19-10-20(26)17(11-22)21-18(19)12-23-25(21)13-15-5-7-16(27-2)8-6-15/h5-8,10,12,14,26H,3-4,9,13H2,1-2H3/t14-/m1/s1. The highest BCUT2D eigenvalue weighted by atomic mass is 16.5. The average molecular weight is 362 g/mol. The predicted molar refractivity (Wildman–Crippen MR) is 104 cm³/mol. The lowest BCUT2D eigenvalue weighted by atomic mass is 10.1.